The van der Waals surface area contributed by atoms with Gasteiger partial charge in [-0.05, 0) is 24.5 Å². The van der Waals surface area contributed by atoms with Gasteiger partial charge < -0.3 is 4.74 Å². The molecule has 0 aliphatic heterocycles. The predicted octanol–water partition coefficient (Wildman–Crippen LogP) is 3.29. The van der Waals surface area contributed by atoms with Gasteiger partial charge in [0.25, 0.3) is 0 Å². The van der Waals surface area contributed by atoms with Gasteiger partial charge in [-0.1, -0.05) is 37.5 Å². The van der Waals surface area contributed by atoms with E-state index in [2.05, 4.69) is 0 Å². The quantitative estimate of drug-likeness (QED) is 0.819. The monoisotopic (exact) mass is 250 g/mol. The molecule has 0 spiro atoms. The summed E-state index contributed by atoms with van der Waals surface area (Å²) >= 11 is 0. The Morgan fingerprint density at radius 2 is 1.94 bits per heavy atom. The summed E-state index contributed by atoms with van der Waals surface area (Å²) < 4.78 is 19.0. The van der Waals surface area contributed by atoms with E-state index < -0.39 is 5.60 Å². The van der Waals surface area contributed by atoms with Crippen LogP contribution in [0, 0.1) is 5.82 Å². The Morgan fingerprint density at radius 1 is 1.28 bits per heavy atom. The average Bonchev–Trinajstić information content (AvgIpc) is 2.42. The van der Waals surface area contributed by atoms with Crippen molar-refractivity contribution in [1.29, 1.82) is 0 Å². The van der Waals surface area contributed by atoms with Crippen molar-refractivity contribution in [3.8, 4) is 0 Å². The Morgan fingerprint density at radius 3 is 2.56 bits per heavy atom. The second-order valence-corrected chi connectivity index (χ2v) is 4.95. The lowest BCUT2D eigenvalue weighted by molar-refractivity contribution is -0.144. The number of Topliss-reactive ketones (excluding diaryl/α,β-unsaturated/α-hetero) is 1. The van der Waals surface area contributed by atoms with Crippen LogP contribution >= 0.6 is 0 Å². The number of benzene rings is 1. The zero-order valence-electron chi connectivity index (χ0n) is 10.7. The number of hydrogen-bond donors (Lipinski definition) is 0. The number of carbonyl (C=O) groups excluding carboxylic acids is 1. The fourth-order valence-corrected chi connectivity index (χ4v) is 2.70. The molecule has 0 amide bonds. The standard InChI is InChI=1S/C15H19FO2/c1-18-15(9-5-2-6-10-15)14(17)11-12-7-3-4-8-13(12)16/h3-4,7-8H,2,5-6,9-11H2,1H3. The lowest BCUT2D eigenvalue weighted by atomic mass is 9.79. The van der Waals surface area contributed by atoms with Gasteiger partial charge in [0, 0.05) is 13.5 Å². The van der Waals surface area contributed by atoms with Gasteiger partial charge in [-0.15, -0.1) is 0 Å². The molecule has 1 aliphatic rings. The number of carbonyl (C=O) groups is 1. The highest BCUT2D eigenvalue weighted by molar-refractivity contribution is 5.89. The molecule has 1 aromatic rings. The van der Waals surface area contributed by atoms with Gasteiger partial charge in [0.2, 0.25) is 0 Å². The first-order chi connectivity index (χ1) is 8.68. The van der Waals surface area contributed by atoms with Crippen molar-refractivity contribution in [2.24, 2.45) is 0 Å². The molecule has 98 valence electrons. The van der Waals surface area contributed by atoms with Crippen molar-refractivity contribution in [1.82, 2.24) is 0 Å². The second kappa shape index (κ2) is 5.61. The summed E-state index contributed by atoms with van der Waals surface area (Å²) in [5.41, 5.74) is -0.218. The lowest BCUT2D eigenvalue weighted by Gasteiger charge is -2.34. The van der Waals surface area contributed by atoms with E-state index in [0.717, 1.165) is 32.1 Å². The molecule has 18 heavy (non-hydrogen) atoms. The Kier molecular flexibility index (Phi) is 4.12. The summed E-state index contributed by atoms with van der Waals surface area (Å²) in [7, 11) is 1.59. The number of hydrogen-bond acceptors (Lipinski definition) is 2. The fourth-order valence-electron chi connectivity index (χ4n) is 2.70. The van der Waals surface area contributed by atoms with Gasteiger partial charge in [-0.25, -0.2) is 4.39 Å². The van der Waals surface area contributed by atoms with E-state index in [1.807, 2.05) is 0 Å². The molecule has 0 N–H and O–H groups in total. The molecule has 2 nitrogen and oxygen atoms in total. The van der Waals surface area contributed by atoms with Crippen molar-refractivity contribution in [3.63, 3.8) is 0 Å². The van der Waals surface area contributed by atoms with Crippen LogP contribution in [0.2, 0.25) is 0 Å². The molecule has 0 saturated heterocycles. The molecule has 3 heteroatoms. The predicted molar refractivity (Wildman–Crippen MR) is 67.9 cm³/mol. The van der Waals surface area contributed by atoms with E-state index in [4.69, 9.17) is 4.74 Å². The zero-order chi connectivity index (χ0) is 13.0. The van der Waals surface area contributed by atoms with Crippen LogP contribution in [0.15, 0.2) is 24.3 Å². The van der Waals surface area contributed by atoms with Crippen molar-refractivity contribution in [2.45, 2.75) is 44.1 Å². The highest BCUT2D eigenvalue weighted by Crippen LogP contribution is 2.33. The summed E-state index contributed by atoms with van der Waals surface area (Å²) in [4.78, 5) is 12.4. The average molecular weight is 250 g/mol. The molecule has 1 aliphatic carbocycles. The summed E-state index contributed by atoms with van der Waals surface area (Å²) in [5, 5.41) is 0. The van der Waals surface area contributed by atoms with Crippen molar-refractivity contribution in [2.75, 3.05) is 7.11 Å². The number of halogens is 1. The van der Waals surface area contributed by atoms with Gasteiger partial charge in [0.1, 0.15) is 11.4 Å². The molecule has 0 heterocycles. The molecule has 0 aromatic heterocycles. The highest BCUT2D eigenvalue weighted by atomic mass is 19.1. The largest absolute Gasteiger partial charge is 0.370 e. The molecule has 1 aromatic carbocycles. The molecule has 0 bridgehead atoms. The first-order valence-electron chi connectivity index (χ1n) is 6.50. The van der Waals surface area contributed by atoms with Crippen LogP contribution in [-0.4, -0.2) is 18.5 Å². The van der Waals surface area contributed by atoms with Crippen LogP contribution in [0.4, 0.5) is 4.39 Å². The zero-order valence-corrected chi connectivity index (χ0v) is 10.7. The fraction of sp³-hybridized carbons (Fsp3) is 0.533. The maximum absolute atomic E-state index is 13.6. The van der Waals surface area contributed by atoms with Crippen molar-refractivity contribution in [3.05, 3.63) is 35.6 Å². The van der Waals surface area contributed by atoms with Gasteiger partial charge in [0.15, 0.2) is 5.78 Å². The van der Waals surface area contributed by atoms with Crippen molar-refractivity contribution < 1.29 is 13.9 Å². The normalized spacial score (nSPS) is 18.6. The Hall–Kier alpha value is -1.22. The topological polar surface area (TPSA) is 26.3 Å². The Labute approximate surface area is 107 Å². The Balaban J connectivity index is 2.13. The van der Waals surface area contributed by atoms with Gasteiger partial charge in [0.05, 0.1) is 0 Å². The number of ether oxygens (including phenoxy) is 1. The minimum absolute atomic E-state index is 0.00907. The molecular weight excluding hydrogens is 231 g/mol. The van der Waals surface area contributed by atoms with E-state index in [-0.39, 0.29) is 18.0 Å². The molecular formula is C15H19FO2. The first-order valence-corrected chi connectivity index (χ1v) is 6.50. The summed E-state index contributed by atoms with van der Waals surface area (Å²) in [5.74, 6) is -0.303. The number of ketones is 1. The van der Waals surface area contributed by atoms with Gasteiger partial charge in [-0.2, -0.15) is 0 Å². The molecule has 1 fully saturated rings. The number of rotatable bonds is 4. The third kappa shape index (κ3) is 2.61. The molecule has 0 radical (unpaired) electrons. The van der Waals surface area contributed by atoms with E-state index in [1.165, 1.54) is 6.07 Å². The smallest absolute Gasteiger partial charge is 0.169 e. The summed E-state index contributed by atoms with van der Waals surface area (Å²) in [6, 6.07) is 6.45. The third-order valence-electron chi connectivity index (χ3n) is 3.87. The van der Waals surface area contributed by atoms with Crippen LogP contribution in [0.5, 0.6) is 0 Å². The summed E-state index contributed by atoms with van der Waals surface area (Å²) in [6.45, 7) is 0. The summed E-state index contributed by atoms with van der Waals surface area (Å²) in [6.07, 6.45) is 4.82. The van der Waals surface area contributed by atoms with Crippen LogP contribution in [0.3, 0.4) is 0 Å². The Bertz CT molecular complexity index is 422. The maximum atomic E-state index is 13.6. The minimum atomic E-state index is -0.680. The first kappa shape index (κ1) is 13.2. The van der Waals surface area contributed by atoms with Gasteiger partial charge in [-0.3, -0.25) is 4.79 Å². The highest BCUT2D eigenvalue weighted by Gasteiger charge is 2.39. The van der Waals surface area contributed by atoms with Gasteiger partial charge >= 0.3 is 0 Å². The SMILES string of the molecule is COC1(C(=O)Cc2ccccc2F)CCCCC1. The van der Waals surface area contributed by atoms with E-state index in [0.29, 0.717) is 5.56 Å². The van der Waals surface area contributed by atoms with Crippen LogP contribution in [0.1, 0.15) is 37.7 Å². The molecule has 0 atom stereocenters. The van der Waals surface area contributed by atoms with E-state index >= 15 is 0 Å². The molecule has 1 saturated carbocycles. The number of methoxy groups -OCH3 is 1. The minimum Gasteiger partial charge on any atom is -0.370 e. The van der Waals surface area contributed by atoms with E-state index in [1.54, 1.807) is 25.3 Å². The third-order valence-corrected chi connectivity index (χ3v) is 3.87. The lowest BCUT2D eigenvalue weighted by Crippen LogP contribution is -2.43. The molecule has 2 rings (SSSR count). The maximum Gasteiger partial charge on any atom is 0.169 e. The van der Waals surface area contributed by atoms with Crippen LogP contribution < -0.4 is 0 Å². The van der Waals surface area contributed by atoms with E-state index in [9.17, 15) is 9.18 Å². The second-order valence-electron chi connectivity index (χ2n) is 4.95. The van der Waals surface area contributed by atoms with Crippen molar-refractivity contribution >= 4 is 5.78 Å². The molecule has 0 unspecified atom stereocenters. The van der Waals surface area contributed by atoms with Crippen LogP contribution in [0.25, 0.3) is 0 Å². The van der Waals surface area contributed by atoms with Crippen LogP contribution in [-0.2, 0) is 16.0 Å².